The quantitative estimate of drug-likeness (QED) is 0.597. The number of thioether (sulfide) groups is 1. The molecule has 8 nitrogen and oxygen atoms in total. The lowest BCUT2D eigenvalue weighted by Crippen LogP contribution is -2.17. The normalized spacial score (nSPS) is 10.8. The number of aromatic amines is 1. The second-order valence-electron chi connectivity index (χ2n) is 5.21. The number of nitrogens with one attached hydrogen (secondary N) is 2. The van der Waals surface area contributed by atoms with Gasteiger partial charge in [-0.15, -0.1) is 15.3 Å². The number of hydrogen-bond donors (Lipinski definition) is 2. The zero-order chi connectivity index (χ0) is 18.5. The Bertz CT molecular complexity index is 950. The highest BCUT2D eigenvalue weighted by Crippen LogP contribution is 2.22. The maximum Gasteiger partial charge on any atom is 0.343 e. The van der Waals surface area contributed by atoms with E-state index < -0.39 is 5.91 Å². The summed E-state index contributed by atoms with van der Waals surface area (Å²) in [7, 11) is 0. The summed E-state index contributed by atoms with van der Waals surface area (Å²) in [5.74, 6) is -0.346. The van der Waals surface area contributed by atoms with Crippen molar-refractivity contribution in [2.75, 3.05) is 5.32 Å². The number of halogens is 1. The molecule has 1 aromatic carbocycles. The van der Waals surface area contributed by atoms with Crippen molar-refractivity contribution in [3.63, 3.8) is 0 Å². The van der Waals surface area contributed by atoms with E-state index in [0.29, 0.717) is 28.1 Å². The number of carbonyl (C=O) groups is 1. The lowest BCUT2D eigenvalue weighted by Gasteiger charge is -2.02. The Morgan fingerprint density at radius 3 is 2.85 bits per heavy atom. The number of rotatable bonds is 7. The zero-order valence-corrected chi connectivity index (χ0v) is 15.4. The summed E-state index contributed by atoms with van der Waals surface area (Å²) in [6.45, 7) is 2.56. The number of H-pyrrole nitrogens is 1. The molecule has 1 amide bonds. The highest BCUT2D eigenvalue weighted by molar-refractivity contribution is 7.98. The van der Waals surface area contributed by atoms with Crippen molar-refractivity contribution >= 4 is 34.7 Å². The number of aromatic nitrogens is 5. The predicted octanol–water partition coefficient (Wildman–Crippen LogP) is 2.52. The summed E-state index contributed by atoms with van der Waals surface area (Å²) in [4.78, 5) is 23.8. The maximum atomic E-state index is 12.9. The van der Waals surface area contributed by atoms with E-state index in [4.69, 9.17) is 0 Å². The van der Waals surface area contributed by atoms with Crippen LogP contribution in [0.4, 0.5) is 10.1 Å². The summed E-state index contributed by atoms with van der Waals surface area (Å²) in [6.07, 6.45) is 0.819. The van der Waals surface area contributed by atoms with Gasteiger partial charge in [0.05, 0.1) is 5.75 Å². The van der Waals surface area contributed by atoms with Gasteiger partial charge in [-0.25, -0.2) is 14.3 Å². The maximum absolute atomic E-state index is 12.9. The number of nitrogens with zero attached hydrogens (tertiary/aromatic N) is 4. The summed E-state index contributed by atoms with van der Waals surface area (Å²) < 4.78 is 14.5. The van der Waals surface area contributed by atoms with Crippen LogP contribution in [0, 0.1) is 5.82 Å². The van der Waals surface area contributed by atoms with Gasteiger partial charge in [0.1, 0.15) is 10.8 Å². The van der Waals surface area contributed by atoms with E-state index in [1.807, 2.05) is 6.92 Å². The molecule has 0 unspecified atom stereocenters. The summed E-state index contributed by atoms with van der Waals surface area (Å²) in [5, 5.41) is 18.3. The molecule has 0 bridgehead atoms. The molecule has 0 atom stereocenters. The smallest absolute Gasteiger partial charge is 0.320 e. The fraction of sp³-hybridized carbons (Fsp3) is 0.267. The van der Waals surface area contributed by atoms with E-state index in [2.05, 4.69) is 25.7 Å². The SMILES string of the molecule is CCCn1c(SCc2nnc(C(=O)Nc3ccc(F)cc3)s2)n[nH]c1=O. The third-order valence-corrected chi connectivity index (χ3v) is 5.35. The molecule has 136 valence electrons. The molecular formula is C15H15FN6O2S2. The first-order chi connectivity index (χ1) is 12.6. The van der Waals surface area contributed by atoms with Crippen LogP contribution < -0.4 is 11.0 Å². The first-order valence-corrected chi connectivity index (χ1v) is 9.54. The van der Waals surface area contributed by atoms with E-state index in [-0.39, 0.29) is 16.5 Å². The topological polar surface area (TPSA) is 106 Å². The van der Waals surface area contributed by atoms with Gasteiger partial charge in [0.2, 0.25) is 5.01 Å². The van der Waals surface area contributed by atoms with Gasteiger partial charge in [-0.1, -0.05) is 30.0 Å². The van der Waals surface area contributed by atoms with E-state index in [0.717, 1.165) is 17.8 Å². The zero-order valence-electron chi connectivity index (χ0n) is 13.7. The molecule has 0 saturated heterocycles. The molecule has 2 heterocycles. The molecule has 26 heavy (non-hydrogen) atoms. The molecule has 0 aliphatic rings. The van der Waals surface area contributed by atoms with Crippen molar-refractivity contribution in [1.29, 1.82) is 0 Å². The third kappa shape index (κ3) is 4.35. The van der Waals surface area contributed by atoms with Crippen molar-refractivity contribution in [2.24, 2.45) is 0 Å². The van der Waals surface area contributed by atoms with Crippen LogP contribution in [-0.4, -0.2) is 30.9 Å². The molecule has 0 saturated carbocycles. The second kappa shape index (κ2) is 8.23. The number of carbonyl (C=O) groups excluding carboxylic acids is 1. The van der Waals surface area contributed by atoms with Crippen LogP contribution in [0.15, 0.2) is 34.2 Å². The number of benzene rings is 1. The van der Waals surface area contributed by atoms with Crippen LogP contribution >= 0.6 is 23.1 Å². The molecule has 0 radical (unpaired) electrons. The van der Waals surface area contributed by atoms with Crippen molar-refractivity contribution in [1.82, 2.24) is 25.0 Å². The molecule has 3 rings (SSSR count). The fourth-order valence-electron chi connectivity index (χ4n) is 2.08. The van der Waals surface area contributed by atoms with Gasteiger partial charge < -0.3 is 5.32 Å². The third-order valence-electron chi connectivity index (χ3n) is 3.26. The van der Waals surface area contributed by atoms with E-state index in [1.54, 1.807) is 4.57 Å². The Morgan fingerprint density at radius 1 is 1.35 bits per heavy atom. The molecular weight excluding hydrogens is 379 g/mol. The van der Waals surface area contributed by atoms with Gasteiger partial charge in [-0.2, -0.15) is 0 Å². The Hall–Kier alpha value is -2.53. The first-order valence-electron chi connectivity index (χ1n) is 7.74. The van der Waals surface area contributed by atoms with Crippen LogP contribution in [0.2, 0.25) is 0 Å². The Balaban J connectivity index is 1.62. The second-order valence-corrected chi connectivity index (χ2v) is 7.22. The van der Waals surface area contributed by atoms with Crippen molar-refractivity contribution < 1.29 is 9.18 Å². The molecule has 0 aliphatic carbocycles. The number of amides is 1. The lowest BCUT2D eigenvalue weighted by molar-refractivity contribution is 0.102. The summed E-state index contributed by atoms with van der Waals surface area (Å²) in [5.41, 5.74) is 0.230. The van der Waals surface area contributed by atoms with E-state index in [1.165, 1.54) is 36.0 Å². The number of anilines is 1. The average Bonchev–Trinajstić information content (AvgIpc) is 3.23. The van der Waals surface area contributed by atoms with Gasteiger partial charge in [0.15, 0.2) is 5.16 Å². The molecule has 0 spiro atoms. The molecule has 0 aliphatic heterocycles. The fourth-order valence-corrected chi connectivity index (χ4v) is 3.78. The summed E-state index contributed by atoms with van der Waals surface area (Å²) in [6, 6.07) is 5.46. The standard InChI is InChI=1S/C15H15FN6O2S2/c1-2-7-22-14(24)20-21-15(22)25-8-11-18-19-13(26-11)12(23)17-10-5-3-9(16)4-6-10/h3-6H,2,7-8H2,1H3,(H,17,23)(H,20,24). The molecule has 3 aromatic rings. The van der Waals surface area contributed by atoms with Crippen LogP contribution in [0.5, 0.6) is 0 Å². The first kappa shape index (κ1) is 18.3. The molecule has 2 N–H and O–H groups in total. The van der Waals surface area contributed by atoms with Crippen LogP contribution in [0.1, 0.15) is 28.2 Å². The van der Waals surface area contributed by atoms with E-state index in [9.17, 15) is 14.0 Å². The van der Waals surface area contributed by atoms with Crippen LogP contribution in [-0.2, 0) is 12.3 Å². The van der Waals surface area contributed by atoms with Gasteiger partial charge in [0.25, 0.3) is 5.91 Å². The highest BCUT2D eigenvalue weighted by Gasteiger charge is 2.15. The van der Waals surface area contributed by atoms with Crippen molar-refractivity contribution in [3.8, 4) is 0 Å². The van der Waals surface area contributed by atoms with Crippen molar-refractivity contribution in [2.45, 2.75) is 30.8 Å². The minimum Gasteiger partial charge on any atom is -0.320 e. The highest BCUT2D eigenvalue weighted by atomic mass is 32.2. The minimum absolute atomic E-state index is 0.206. The van der Waals surface area contributed by atoms with Gasteiger partial charge in [-0.3, -0.25) is 9.36 Å². The Labute approximate surface area is 155 Å². The Kier molecular flexibility index (Phi) is 5.78. The largest absolute Gasteiger partial charge is 0.343 e. The predicted molar refractivity (Wildman–Crippen MR) is 97.0 cm³/mol. The molecule has 11 heteroatoms. The van der Waals surface area contributed by atoms with E-state index >= 15 is 0 Å². The van der Waals surface area contributed by atoms with Crippen LogP contribution in [0.3, 0.4) is 0 Å². The molecule has 2 aromatic heterocycles. The van der Waals surface area contributed by atoms with Gasteiger partial charge >= 0.3 is 5.69 Å². The van der Waals surface area contributed by atoms with Gasteiger partial charge in [-0.05, 0) is 30.7 Å². The lowest BCUT2D eigenvalue weighted by atomic mass is 10.3. The summed E-state index contributed by atoms with van der Waals surface area (Å²) >= 11 is 2.50. The van der Waals surface area contributed by atoms with Gasteiger partial charge in [0, 0.05) is 12.2 Å². The van der Waals surface area contributed by atoms with Crippen LogP contribution in [0.25, 0.3) is 0 Å². The number of hydrogen-bond acceptors (Lipinski definition) is 7. The Morgan fingerprint density at radius 2 is 2.12 bits per heavy atom. The average molecular weight is 394 g/mol. The monoisotopic (exact) mass is 394 g/mol. The van der Waals surface area contributed by atoms with Crippen molar-refractivity contribution in [3.05, 3.63) is 50.6 Å². The molecule has 0 fully saturated rings. The minimum atomic E-state index is -0.409.